The van der Waals surface area contributed by atoms with Crippen LogP contribution in [-0.4, -0.2) is 14.7 Å². The molecule has 0 saturated heterocycles. The average Bonchev–Trinajstić information content (AvgIpc) is 2.12. The summed E-state index contributed by atoms with van der Waals surface area (Å²) in [6.07, 6.45) is 0. The molecule has 0 bridgehead atoms. The van der Waals surface area contributed by atoms with E-state index in [4.69, 9.17) is 0 Å². The Bertz CT molecular complexity index is 183. The summed E-state index contributed by atoms with van der Waals surface area (Å²) in [6.45, 7) is 0. The van der Waals surface area contributed by atoms with Gasteiger partial charge in [-0.3, -0.25) is 4.79 Å². The molecule has 1 aromatic rings. The van der Waals surface area contributed by atoms with Crippen LogP contribution in [0.3, 0.4) is 0 Å². The zero-order valence-electron chi connectivity index (χ0n) is 3.74. The van der Waals surface area contributed by atoms with Crippen molar-refractivity contribution in [1.82, 2.24) is 9.59 Å². The minimum atomic E-state index is -0.334. The monoisotopic (exact) mass is 146 g/mol. The molecule has 0 atom stereocenters. The van der Waals surface area contributed by atoms with Crippen molar-refractivity contribution in [2.75, 3.05) is 0 Å². The van der Waals surface area contributed by atoms with Crippen LogP contribution in [0, 0.1) is 0 Å². The van der Waals surface area contributed by atoms with E-state index in [1.54, 1.807) is 5.38 Å². The topological polar surface area (TPSA) is 42.9 Å². The quantitative estimate of drug-likeness (QED) is 0.590. The molecule has 1 aromatic heterocycles. The Kier molecular flexibility index (Phi) is 1.59. The van der Waals surface area contributed by atoms with Crippen molar-refractivity contribution in [3.63, 3.8) is 0 Å². The van der Waals surface area contributed by atoms with Gasteiger partial charge in [-0.2, -0.15) is 0 Å². The van der Waals surface area contributed by atoms with Gasteiger partial charge in [0, 0.05) is 5.38 Å². The summed E-state index contributed by atoms with van der Waals surface area (Å²) in [5.41, 5.74) is 0.318. The SMILES string of the molecule is O=C(S)c1csnn1. The summed E-state index contributed by atoms with van der Waals surface area (Å²) in [4.78, 5) is 10.3. The molecule has 0 spiro atoms. The summed E-state index contributed by atoms with van der Waals surface area (Å²) in [6, 6.07) is 0. The first-order valence-corrected chi connectivity index (χ1v) is 3.09. The molecule has 0 unspecified atom stereocenters. The van der Waals surface area contributed by atoms with Gasteiger partial charge in [-0.1, -0.05) is 17.1 Å². The Morgan fingerprint density at radius 1 is 1.88 bits per heavy atom. The van der Waals surface area contributed by atoms with Crippen molar-refractivity contribution in [1.29, 1.82) is 0 Å². The molecule has 5 heteroatoms. The van der Waals surface area contributed by atoms with Crippen molar-refractivity contribution in [3.05, 3.63) is 11.1 Å². The van der Waals surface area contributed by atoms with Crippen LogP contribution in [0.1, 0.15) is 10.5 Å². The predicted octanol–water partition coefficient (Wildman–Crippen LogP) is 0.608. The number of thiol groups is 1. The molecular weight excluding hydrogens is 144 g/mol. The van der Waals surface area contributed by atoms with Crippen LogP contribution in [0.2, 0.25) is 0 Å². The van der Waals surface area contributed by atoms with Gasteiger partial charge in [-0.15, -0.1) is 5.10 Å². The summed E-state index contributed by atoms with van der Waals surface area (Å²) in [5.74, 6) is 0. The third-order valence-electron chi connectivity index (χ3n) is 0.579. The van der Waals surface area contributed by atoms with Crippen molar-refractivity contribution in [2.24, 2.45) is 0 Å². The lowest BCUT2D eigenvalue weighted by Gasteiger charge is -1.75. The van der Waals surface area contributed by atoms with Gasteiger partial charge in [-0.05, 0) is 11.5 Å². The molecule has 1 rings (SSSR count). The molecule has 8 heavy (non-hydrogen) atoms. The van der Waals surface area contributed by atoms with Gasteiger partial charge in [0.1, 0.15) is 0 Å². The molecule has 1 heterocycles. The number of aromatic nitrogens is 2. The second-order valence-corrected chi connectivity index (χ2v) is 2.11. The molecule has 0 amide bonds. The summed E-state index contributed by atoms with van der Waals surface area (Å²) in [5, 5.41) is 4.67. The Morgan fingerprint density at radius 2 is 2.62 bits per heavy atom. The van der Waals surface area contributed by atoms with Gasteiger partial charge in [0.25, 0.3) is 0 Å². The molecule has 0 fully saturated rings. The van der Waals surface area contributed by atoms with Gasteiger partial charge in [0.15, 0.2) is 5.69 Å². The molecule has 0 radical (unpaired) electrons. The van der Waals surface area contributed by atoms with Crippen LogP contribution < -0.4 is 0 Å². The first kappa shape index (κ1) is 5.71. The molecular formula is C3H2N2OS2. The molecule has 0 aliphatic rings. The van der Waals surface area contributed by atoms with Gasteiger partial charge >= 0.3 is 0 Å². The van der Waals surface area contributed by atoms with Crippen molar-refractivity contribution >= 4 is 29.3 Å². The molecule has 0 aromatic carbocycles. The number of carbonyl (C=O) groups excluding carboxylic acids is 1. The maximum atomic E-state index is 10.3. The Labute approximate surface area is 55.3 Å². The highest BCUT2D eigenvalue weighted by Gasteiger charge is 2.00. The number of rotatable bonds is 1. The van der Waals surface area contributed by atoms with E-state index in [1.807, 2.05) is 0 Å². The minimum Gasteiger partial charge on any atom is -0.280 e. The van der Waals surface area contributed by atoms with E-state index in [0.29, 0.717) is 5.69 Å². The highest BCUT2D eigenvalue weighted by atomic mass is 32.1. The number of hydrogen-bond donors (Lipinski definition) is 1. The normalized spacial score (nSPS) is 9.12. The zero-order valence-corrected chi connectivity index (χ0v) is 5.45. The largest absolute Gasteiger partial charge is 0.280 e. The van der Waals surface area contributed by atoms with Crippen LogP contribution >= 0.6 is 24.2 Å². The van der Waals surface area contributed by atoms with Crippen LogP contribution in [0.4, 0.5) is 0 Å². The summed E-state index contributed by atoms with van der Waals surface area (Å²) >= 11 is 4.66. The maximum Gasteiger partial charge on any atom is 0.237 e. The Hall–Kier alpha value is -0.420. The third-order valence-corrected chi connectivity index (χ3v) is 1.31. The molecule has 3 nitrogen and oxygen atoms in total. The van der Waals surface area contributed by atoms with Crippen LogP contribution in [0.25, 0.3) is 0 Å². The lowest BCUT2D eigenvalue weighted by molar-refractivity contribution is 0.108. The van der Waals surface area contributed by atoms with Crippen molar-refractivity contribution in [2.45, 2.75) is 0 Å². The van der Waals surface area contributed by atoms with Crippen molar-refractivity contribution < 1.29 is 4.79 Å². The highest BCUT2D eigenvalue weighted by Crippen LogP contribution is 1.99. The fourth-order valence-electron chi connectivity index (χ4n) is 0.258. The fraction of sp³-hybridized carbons (Fsp3) is 0. The number of hydrogen-bond acceptors (Lipinski definition) is 4. The van der Waals surface area contributed by atoms with Gasteiger partial charge in [0.05, 0.1) is 0 Å². The Balaban J connectivity index is 2.93. The lowest BCUT2D eigenvalue weighted by Crippen LogP contribution is -1.86. The standard InChI is InChI=1S/C3H2N2OS2/c6-3(7)2-1-8-5-4-2/h1H,(H,6,7). The number of carbonyl (C=O) groups is 1. The Morgan fingerprint density at radius 3 is 2.88 bits per heavy atom. The van der Waals surface area contributed by atoms with Crippen LogP contribution in [0.15, 0.2) is 5.38 Å². The van der Waals surface area contributed by atoms with Crippen LogP contribution in [0.5, 0.6) is 0 Å². The second kappa shape index (κ2) is 2.23. The van der Waals surface area contributed by atoms with E-state index in [1.165, 1.54) is 0 Å². The molecule has 0 N–H and O–H groups in total. The van der Waals surface area contributed by atoms with E-state index >= 15 is 0 Å². The van der Waals surface area contributed by atoms with E-state index in [2.05, 4.69) is 22.2 Å². The minimum absolute atomic E-state index is 0.318. The summed E-state index contributed by atoms with van der Waals surface area (Å²) < 4.78 is 3.47. The van der Waals surface area contributed by atoms with Gasteiger partial charge in [-0.25, -0.2) is 0 Å². The molecule has 42 valence electrons. The lowest BCUT2D eigenvalue weighted by atomic mass is 10.6. The number of nitrogens with zero attached hydrogens (tertiary/aromatic N) is 2. The van der Waals surface area contributed by atoms with E-state index in [-0.39, 0.29) is 5.12 Å². The first-order valence-electron chi connectivity index (χ1n) is 1.81. The smallest absolute Gasteiger partial charge is 0.237 e. The molecule has 0 aliphatic heterocycles. The molecule has 0 aliphatic carbocycles. The van der Waals surface area contributed by atoms with Gasteiger partial charge in [0.2, 0.25) is 5.12 Å². The predicted molar refractivity (Wildman–Crippen MR) is 33.2 cm³/mol. The average molecular weight is 146 g/mol. The second-order valence-electron chi connectivity index (χ2n) is 1.10. The third kappa shape index (κ3) is 1.05. The highest BCUT2D eigenvalue weighted by molar-refractivity contribution is 7.97. The van der Waals surface area contributed by atoms with E-state index in [9.17, 15) is 4.79 Å². The van der Waals surface area contributed by atoms with Crippen LogP contribution in [-0.2, 0) is 0 Å². The zero-order chi connectivity index (χ0) is 5.98. The van der Waals surface area contributed by atoms with E-state index < -0.39 is 0 Å². The fourth-order valence-corrected chi connectivity index (χ4v) is 0.891. The maximum absolute atomic E-state index is 10.3. The summed E-state index contributed by atoms with van der Waals surface area (Å²) in [7, 11) is 0. The van der Waals surface area contributed by atoms with E-state index in [0.717, 1.165) is 11.5 Å². The van der Waals surface area contributed by atoms with Crippen molar-refractivity contribution in [3.8, 4) is 0 Å². The van der Waals surface area contributed by atoms with Gasteiger partial charge < -0.3 is 0 Å². The molecule has 0 saturated carbocycles. The first-order chi connectivity index (χ1) is 3.80.